The summed E-state index contributed by atoms with van der Waals surface area (Å²) in [5, 5.41) is 9.98. The third-order valence-electron chi connectivity index (χ3n) is 3.20. The maximum Gasteiger partial charge on any atom is 0.336 e. The first-order valence-corrected chi connectivity index (χ1v) is 6.31. The Morgan fingerprint density at radius 2 is 2.10 bits per heavy atom. The lowest BCUT2D eigenvalue weighted by Crippen LogP contribution is -2.00. The molecule has 0 atom stereocenters. The van der Waals surface area contributed by atoms with Gasteiger partial charge in [-0.2, -0.15) is 0 Å². The number of carboxylic acid groups (broad SMARTS) is 1. The van der Waals surface area contributed by atoms with E-state index in [-0.39, 0.29) is 5.56 Å². The van der Waals surface area contributed by atoms with Crippen molar-refractivity contribution < 1.29 is 14.6 Å². The Hall–Kier alpha value is -2.95. The average Bonchev–Trinajstić information content (AvgIpc) is 2.54. The quantitative estimate of drug-likeness (QED) is 0.798. The lowest BCUT2D eigenvalue weighted by Gasteiger charge is -2.08. The maximum atomic E-state index is 11.5. The molecule has 0 aliphatic carbocycles. The number of aromatic carboxylic acids is 1. The summed E-state index contributed by atoms with van der Waals surface area (Å²) in [7, 11) is 1.54. The molecule has 0 fully saturated rings. The fourth-order valence-electron chi connectivity index (χ4n) is 2.17. The molecule has 0 aliphatic rings. The van der Waals surface area contributed by atoms with Crippen molar-refractivity contribution >= 4 is 16.9 Å². The molecule has 0 saturated carbocycles. The molecule has 5 heteroatoms. The number of methoxy groups -OCH3 is 1. The summed E-state index contributed by atoms with van der Waals surface area (Å²) in [5.41, 5.74) is 2.16. The first kappa shape index (κ1) is 13.1. The highest BCUT2D eigenvalue weighted by Crippen LogP contribution is 2.27. The average molecular weight is 280 g/mol. The molecule has 0 unspecified atom stereocenters. The Bertz CT molecular complexity index is 816. The molecule has 5 nitrogen and oxygen atoms in total. The lowest BCUT2D eigenvalue weighted by atomic mass is 10.0. The predicted octanol–water partition coefficient (Wildman–Crippen LogP) is 3.00. The van der Waals surface area contributed by atoms with E-state index in [4.69, 9.17) is 4.74 Å². The third-order valence-corrected chi connectivity index (χ3v) is 3.20. The highest BCUT2D eigenvalue weighted by molar-refractivity contribution is 6.04. The van der Waals surface area contributed by atoms with Crippen LogP contribution in [0.25, 0.3) is 22.2 Å². The van der Waals surface area contributed by atoms with Crippen LogP contribution in [0, 0.1) is 0 Å². The summed E-state index contributed by atoms with van der Waals surface area (Å²) >= 11 is 0. The highest BCUT2D eigenvalue weighted by Gasteiger charge is 2.13. The van der Waals surface area contributed by atoms with E-state index in [9.17, 15) is 9.90 Å². The number of ether oxygens (including phenoxy) is 1. The zero-order valence-corrected chi connectivity index (χ0v) is 11.3. The third kappa shape index (κ3) is 2.41. The second-order valence-electron chi connectivity index (χ2n) is 4.48. The molecule has 1 N–H and O–H groups in total. The minimum Gasteiger partial charge on any atom is -0.497 e. The van der Waals surface area contributed by atoms with E-state index >= 15 is 0 Å². The van der Waals surface area contributed by atoms with Crippen LogP contribution in [0.5, 0.6) is 5.75 Å². The van der Waals surface area contributed by atoms with Crippen LogP contribution in [0.4, 0.5) is 0 Å². The van der Waals surface area contributed by atoms with E-state index in [1.54, 1.807) is 49.8 Å². The maximum absolute atomic E-state index is 11.5. The van der Waals surface area contributed by atoms with Gasteiger partial charge in [-0.05, 0) is 36.4 Å². The molecule has 1 aromatic carbocycles. The molecular formula is C16H12N2O3. The number of hydrogen-bond donors (Lipinski definition) is 1. The summed E-state index contributed by atoms with van der Waals surface area (Å²) in [6.07, 6.45) is 3.32. The van der Waals surface area contributed by atoms with Gasteiger partial charge in [-0.1, -0.05) is 0 Å². The van der Waals surface area contributed by atoms with E-state index in [1.165, 1.54) is 0 Å². The van der Waals surface area contributed by atoms with Gasteiger partial charge in [0.2, 0.25) is 0 Å². The number of aromatic nitrogens is 2. The molecule has 21 heavy (non-hydrogen) atoms. The number of nitrogens with zero attached hydrogens (tertiary/aromatic N) is 2. The molecule has 0 spiro atoms. The van der Waals surface area contributed by atoms with Crippen molar-refractivity contribution in [1.82, 2.24) is 9.97 Å². The van der Waals surface area contributed by atoms with Crippen LogP contribution in [0.1, 0.15) is 10.4 Å². The minimum absolute atomic E-state index is 0.192. The van der Waals surface area contributed by atoms with Crippen LogP contribution in [-0.4, -0.2) is 28.2 Å². The van der Waals surface area contributed by atoms with Gasteiger partial charge in [0.15, 0.2) is 0 Å². The van der Waals surface area contributed by atoms with Gasteiger partial charge in [0.1, 0.15) is 5.75 Å². The Morgan fingerprint density at radius 1 is 1.24 bits per heavy atom. The van der Waals surface area contributed by atoms with Crippen molar-refractivity contribution in [3.05, 3.63) is 54.4 Å². The van der Waals surface area contributed by atoms with Crippen LogP contribution in [-0.2, 0) is 0 Å². The van der Waals surface area contributed by atoms with Gasteiger partial charge in [0.25, 0.3) is 0 Å². The van der Waals surface area contributed by atoms with E-state index in [0.29, 0.717) is 22.3 Å². The van der Waals surface area contributed by atoms with Crippen molar-refractivity contribution in [2.24, 2.45) is 0 Å². The standard InChI is InChI=1S/C16H12N2O3/c1-21-11-4-5-14-12(7-11)13(16(19)20)8-15(18-14)10-3-2-6-17-9-10/h2-9H,1H3,(H,19,20). The second-order valence-corrected chi connectivity index (χ2v) is 4.48. The van der Waals surface area contributed by atoms with Crippen LogP contribution >= 0.6 is 0 Å². The first-order valence-electron chi connectivity index (χ1n) is 6.31. The number of pyridine rings is 2. The Morgan fingerprint density at radius 3 is 2.76 bits per heavy atom. The SMILES string of the molecule is COc1ccc2nc(-c3cccnc3)cc(C(=O)O)c2c1. The first-order chi connectivity index (χ1) is 10.2. The van der Waals surface area contributed by atoms with Crippen molar-refractivity contribution in [2.75, 3.05) is 7.11 Å². The van der Waals surface area contributed by atoms with Gasteiger partial charge < -0.3 is 9.84 Å². The summed E-state index contributed by atoms with van der Waals surface area (Å²) < 4.78 is 5.14. The molecule has 3 rings (SSSR count). The Balaban J connectivity index is 2.29. The molecule has 2 aromatic heterocycles. The predicted molar refractivity (Wildman–Crippen MR) is 78.5 cm³/mol. The largest absolute Gasteiger partial charge is 0.497 e. The zero-order chi connectivity index (χ0) is 14.8. The highest BCUT2D eigenvalue weighted by atomic mass is 16.5. The fourth-order valence-corrected chi connectivity index (χ4v) is 2.17. The van der Waals surface area contributed by atoms with Crippen LogP contribution in [0.3, 0.4) is 0 Å². The monoisotopic (exact) mass is 280 g/mol. The van der Waals surface area contributed by atoms with Crippen molar-refractivity contribution in [2.45, 2.75) is 0 Å². The minimum atomic E-state index is -0.999. The molecule has 0 bridgehead atoms. The van der Waals surface area contributed by atoms with Gasteiger partial charge >= 0.3 is 5.97 Å². The van der Waals surface area contributed by atoms with Gasteiger partial charge in [0, 0.05) is 23.3 Å². The molecule has 0 aliphatic heterocycles. The molecule has 0 saturated heterocycles. The van der Waals surface area contributed by atoms with Crippen molar-refractivity contribution in [1.29, 1.82) is 0 Å². The normalized spacial score (nSPS) is 10.5. The molecular weight excluding hydrogens is 268 g/mol. The fraction of sp³-hybridized carbons (Fsp3) is 0.0625. The molecule has 0 radical (unpaired) electrons. The lowest BCUT2D eigenvalue weighted by molar-refractivity contribution is 0.0699. The van der Waals surface area contributed by atoms with Crippen molar-refractivity contribution in [3.8, 4) is 17.0 Å². The number of carboxylic acids is 1. The second kappa shape index (κ2) is 5.20. The number of fused-ring (bicyclic) bond motifs is 1. The summed E-state index contributed by atoms with van der Waals surface area (Å²) in [6.45, 7) is 0. The van der Waals surface area contributed by atoms with Gasteiger partial charge in [-0.3, -0.25) is 4.98 Å². The molecule has 104 valence electrons. The number of hydrogen-bond acceptors (Lipinski definition) is 4. The van der Waals surface area contributed by atoms with E-state index in [0.717, 1.165) is 5.56 Å². The van der Waals surface area contributed by atoms with Crippen LogP contribution in [0.15, 0.2) is 48.8 Å². The zero-order valence-electron chi connectivity index (χ0n) is 11.3. The molecule has 0 amide bonds. The Labute approximate surface area is 120 Å². The van der Waals surface area contributed by atoms with Crippen molar-refractivity contribution in [3.63, 3.8) is 0 Å². The van der Waals surface area contributed by atoms with Gasteiger partial charge in [-0.15, -0.1) is 0 Å². The van der Waals surface area contributed by atoms with Crippen LogP contribution in [0.2, 0.25) is 0 Å². The van der Waals surface area contributed by atoms with Crippen LogP contribution < -0.4 is 4.74 Å². The smallest absolute Gasteiger partial charge is 0.336 e. The van der Waals surface area contributed by atoms with Gasteiger partial charge in [-0.25, -0.2) is 9.78 Å². The molecule has 2 heterocycles. The topological polar surface area (TPSA) is 72.3 Å². The van der Waals surface area contributed by atoms with E-state index in [2.05, 4.69) is 9.97 Å². The Kier molecular flexibility index (Phi) is 3.23. The van der Waals surface area contributed by atoms with E-state index < -0.39 is 5.97 Å². The number of rotatable bonds is 3. The molecule has 3 aromatic rings. The summed E-state index contributed by atoms with van der Waals surface area (Å²) in [5.74, 6) is -0.401. The van der Waals surface area contributed by atoms with E-state index in [1.807, 2.05) is 6.07 Å². The summed E-state index contributed by atoms with van der Waals surface area (Å²) in [4.78, 5) is 20.1. The number of carbonyl (C=O) groups is 1. The number of benzene rings is 1. The van der Waals surface area contributed by atoms with Gasteiger partial charge in [0.05, 0.1) is 23.9 Å². The summed E-state index contributed by atoms with van der Waals surface area (Å²) in [6, 6.07) is 10.4.